The van der Waals surface area contributed by atoms with Crippen molar-refractivity contribution in [2.24, 2.45) is 0 Å². The van der Waals surface area contributed by atoms with Gasteiger partial charge >= 0.3 is 0 Å². The van der Waals surface area contributed by atoms with Crippen molar-refractivity contribution in [3.8, 4) is 11.3 Å². The highest BCUT2D eigenvalue weighted by molar-refractivity contribution is 6.29. The molecule has 1 aromatic heterocycles. The lowest BCUT2D eigenvalue weighted by atomic mass is 10.1. The number of nitrogens with zero attached hydrogens (tertiary/aromatic N) is 2. The van der Waals surface area contributed by atoms with Crippen LogP contribution in [0.2, 0.25) is 5.15 Å². The molecule has 2 rings (SSSR count). The van der Waals surface area contributed by atoms with Crippen molar-refractivity contribution in [2.45, 2.75) is 6.42 Å². The number of halogens is 1. The van der Waals surface area contributed by atoms with Crippen LogP contribution in [0.3, 0.4) is 0 Å². The minimum Gasteiger partial charge on any atom is -0.385 e. The fraction of sp³-hybridized carbons (Fsp3) is 0.286. The predicted molar refractivity (Wildman–Crippen MR) is 77.5 cm³/mol. The molecule has 0 aliphatic heterocycles. The summed E-state index contributed by atoms with van der Waals surface area (Å²) in [6.07, 6.45) is 0.896. The number of benzene rings is 1. The second-order valence-electron chi connectivity index (χ2n) is 4.04. The van der Waals surface area contributed by atoms with Crippen LogP contribution in [0.5, 0.6) is 0 Å². The Balaban J connectivity index is 2.11. The molecule has 0 saturated heterocycles. The van der Waals surface area contributed by atoms with E-state index < -0.39 is 0 Å². The third-order valence-corrected chi connectivity index (χ3v) is 2.77. The average Bonchev–Trinajstić information content (AvgIpc) is 2.44. The summed E-state index contributed by atoms with van der Waals surface area (Å²) in [5.41, 5.74) is 1.83. The summed E-state index contributed by atoms with van der Waals surface area (Å²) in [6, 6.07) is 11.7. The van der Waals surface area contributed by atoms with E-state index >= 15 is 0 Å². The topological polar surface area (TPSA) is 47.0 Å². The quantitative estimate of drug-likeness (QED) is 0.650. The number of hydrogen-bond acceptors (Lipinski definition) is 4. The molecule has 0 unspecified atom stereocenters. The molecule has 0 bridgehead atoms. The lowest BCUT2D eigenvalue weighted by Gasteiger charge is -2.07. The van der Waals surface area contributed by atoms with E-state index in [0.717, 1.165) is 24.2 Å². The van der Waals surface area contributed by atoms with Crippen LogP contribution in [0.15, 0.2) is 36.4 Å². The molecule has 0 radical (unpaired) electrons. The van der Waals surface area contributed by atoms with E-state index in [1.165, 1.54) is 0 Å². The number of rotatable bonds is 6. The van der Waals surface area contributed by atoms with Gasteiger partial charge in [0.1, 0.15) is 5.15 Å². The lowest BCUT2D eigenvalue weighted by molar-refractivity contribution is 0.197. The van der Waals surface area contributed by atoms with Gasteiger partial charge < -0.3 is 10.1 Å². The van der Waals surface area contributed by atoms with E-state index in [4.69, 9.17) is 16.3 Å². The van der Waals surface area contributed by atoms with Crippen molar-refractivity contribution >= 4 is 17.5 Å². The molecule has 0 fully saturated rings. The average molecular weight is 278 g/mol. The molecule has 0 atom stereocenters. The molecular formula is C14H16ClN3O. The number of hydrogen-bond donors (Lipinski definition) is 1. The van der Waals surface area contributed by atoms with Gasteiger partial charge in [0, 0.05) is 31.9 Å². The van der Waals surface area contributed by atoms with Gasteiger partial charge in [-0.05, 0) is 6.42 Å². The van der Waals surface area contributed by atoms with Gasteiger partial charge in [0.2, 0.25) is 5.95 Å². The molecule has 0 saturated carbocycles. The Kier molecular flexibility index (Phi) is 5.12. The van der Waals surface area contributed by atoms with Crippen LogP contribution in [0, 0.1) is 0 Å². The normalized spacial score (nSPS) is 10.4. The first-order chi connectivity index (χ1) is 9.29. The van der Waals surface area contributed by atoms with Gasteiger partial charge in [-0.15, -0.1) is 0 Å². The molecule has 0 aliphatic rings. The van der Waals surface area contributed by atoms with Gasteiger partial charge in [-0.1, -0.05) is 41.9 Å². The van der Waals surface area contributed by atoms with E-state index in [0.29, 0.717) is 17.7 Å². The Morgan fingerprint density at radius 2 is 2.00 bits per heavy atom. The molecule has 1 heterocycles. The molecule has 0 spiro atoms. The minimum absolute atomic E-state index is 0.433. The maximum atomic E-state index is 6.02. The van der Waals surface area contributed by atoms with Crippen LogP contribution in [-0.2, 0) is 4.74 Å². The summed E-state index contributed by atoms with van der Waals surface area (Å²) in [5.74, 6) is 0.544. The maximum Gasteiger partial charge on any atom is 0.224 e. The monoisotopic (exact) mass is 277 g/mol. The first-order valence-electron chi connectivity index (χ1n) is 6.12. The first kappa shape index (κ1) is 13.8. The van der Waals surface area contributed by atoms with E-state index in [9.17, 15) is 0 Å². The van der Waals surface area contributed by atoms with Crippen molar-refractivity contribution in [1.82, 2.24) is 9.97 Å². The number of anilines is 1. The zero-order valence-electron chi connectivity index (χ0n) is 10.8. The lowest BCUT2D eigenvalue weighted by Crippen LogP contribution is -2.08. The van der Waals surface area contributed by atoms with Crippen molar-refractivity contribution in [3.63, 3.8) is 0 Å². The van der Waals surface area contributed by atoms with Gasteiger partial charge in [-0.3, -0.25) is 0 Å². The SMILES string of the molecule is COCCCNc1nc(Cl)cc(-c2ccccc2)n1. The van der Waals surface area contributed by atoms with Crippen molar-refractivity contribution in [3.05, 3.63) is 41.6 Å². The zero-order chi connectivity index (χ0) is 13.5. The van der Waals surface area contributed by atoms with Crippen LogP contribution >= 0.6 is 11.6 Å². The second kappa shape index (κ2) is 7.07. The Bertz CT molecular complexity index is 519. The fourth-order valence-electron chi connectivity index (χ4n) is 1.67. The molecule has 19 heavy (non-hydrogen) atoms. The standard InChI is InChI=1S/C14H16ClN3O/c1-19-9-5-8-16-14-17-12(10-13(15)18-14)11-6-3-2-4-7-11/h2-4,6-7,10H,5,8-9H2,1H3,(H,16,17,18). The summed E-state index contributed by atoms with van der Waals surface area (Å²) < 4.78 is 4.99. The van der Waals surface area contributed by atoms with Gasteiger partial charge in [0.05, 0.1) is 5.69 Å². The van der Waals surface area contributed by atoms with E-state index in [-0.39, 0.29) is 0 Å². The molecule has 4 nitrogen and oxygen atoms in total. The number of methoxy groups -OCH3 is 1. The third-order valence-electron chi connectivity index (χ3n) is 2.57. The Hall–Kier alpha value is -1.65. The molecular weight excluding hydrogens is 262 g/mol. The van der Waals surface area contributed by atoms with E-state index in [2.05, 4.69) is 15.3 Å². The fourth-order valence-corrected chi connectivity index (χ4v) is 1.85. The predicted octanol–water partition coefficient (Wildman–Crippen LogP) is 3.25. The largest absolute Gasteiger partial charge is 0.385 e. The summed E-state index contributed by atoms with van der Waals surface area (Å²) in [4.78, 5) is 8.61. The van der Waals surface area contributed by atoms with Crippen LogP contribution in [0.4, 0.5) is 5.95 Å². The number of aromatic nitrogens is 2. The smallest absolute Gasteiger partial charge is 0.224 e. The number of ether oxygens (including phenoxy) is 1. The summed E-state index contributed by atoms with van der Waals surface area (Å²) >= 11 is 6.02. The summed E-state index contributed by atoms with van der Waals surface area (Å²) in [5, 5.41) is 3.58. The molecule has 5 heteroatoms. The molecule has 0 aliphatic carbocycles. The highest BCUT2D eigenvalue weighted by Gasteiger charge is 2.04. The van der Waals surface area contributed by atoms with Gasteiger partial charge in [0.15, 0.2) is 0 Å². The molecule has 2 aromatic rings. The third kappa shape index (κ3) is 4.19. The summed E-state index contributed by atoms with van der Waals surface area (Å²) in [6.45, 7) is 1.46. The van der Waals surface area contributed by atoms with E-state index in [1.54, 1.807) is 13.2 Å². The first-order valence-corrected chi connectivity index (χ1v) is 6.50. The Morgan fingerprint density at radius 1 is 1.21 bits per heavy atom. The molecule has 1 aromatic carbocycles. The van der Waals surface area contributed by atoms with Crippen LogP contribution in [-0.4, -0.2) is 30.2 Å². The van der Waals surface area contributed by atoms with Crippen molar-refractivity contribution in [1.29, 1.82) is 0 Å². The minimum atomic E-state index is 0.433. The highest BCUT2D eigenvalue weighted by atomic mass is 35.5. The van der Waals surface area contributed by atoms with Crippen LogP contribution in [0.1, 0.15) is 6.42 Å². The molecule has 0 amide bonds. The summed E-state index contributed by atoms with van der Waals surface area (Å²) in [7, 11) is 1.68. The van der Waals surface area contributed by atoms with Crippen LogP contribution in [0.25, 0.3) is 11.3 Å². The molecule has 100 valence electrons. The number of nitrogens with one attached hydrogen (secondary N) is 1. The highest BCUT2D eigenvalue weighted by Crippen LogP contribution is 2.20. The Morgan fingerprint density at radius 3 is 2.74 bits per heavy atom. The van der Waals surface area contributed by atoms with Gasteiger partial charge in [-0.25, -0.2) is 9.97 Å². The van der Waals surface area contributed by atoms with E-state index in [1.807, 2.05) is 30.3 Å². The molecule has 1 N–H and O–H groups in total. The van der Waals surface area contributed by atoms with Gasteiger partial charge in [-0.2, -0.15) is 0 Å². The zero-order valence-corrected chi connectivity index (χ0v) is 11.5. The van der Waals surface area contributed by atoms with Gasteiger partial charge in [0.25, 0.3) is 0 Å². The van der Waals surface area contributed by atoms with Crippen molar-refractivity contribution in [2.75, 3.05) is 25.6 Å². The Labute approximate surface area is 117 Å². The van der Waals surface area contributed by atoms with Crippen molar-refractivity contribution < 1.29 is 4.74 Å². The van der Waals surface area contributed by atoms with Crippen LogP contribution < -0.4 is 5.32 Å². The maximum absolute atomic E-state index is 6.02. The second-order valence-corrected chi connectivity index (χ2v) is 4.43.